The molecule has 0 heterocycles. The van der Waals surface area contributed by atoms with Gasteiger partial charge < -0.3 is 10.8 Å². The van der Waals surface area contributed by atoms with E-state index in [1.807, 2.05) is 24.3 Å². The van der Waals surface area contributed by atoms with Gasteiger partial charge in [-0.15, -0.1) is 0 Å². The lowest BCUT2D eigenvalue weighted by Gasteiger charge is -2.08. The molecule has 0 amide bonds. The van der Waals surface area contributed by atoms with Crippen LogP contribution < -0.4 is 5.73 Å². The maximum Gasteiger partial charge on any atom is 0.336 e. The summed E-state index contributed by atoms with van der Waals surface area (Å²) in [6, 6.07) is 12.7. The Morgan fingerprint density at radius 2 is 1.83 bits per heavy atom. The molecule has 0 saturated heterocycles. The van der Waals surface area contributed by atoms with E-state index in [4.69, 9.17) is 5.73 Å². The molecule has 3 heteroatoms. The Morgan fingerprint density at radius 1 is 1.17 bits per heavy atom. The van der Waals surface area contributed by atoms with Gasteiger partial charge in [0, 0.05) is 5.69 Å². The van der Waals surface area contributed by atoms with Crippen LogP contribution in [0.3, 0.4) is 0 Å². The molecule has 0 spiro atoms. The Kier molecular flexibility index (Phi) is 3.33. The molecule has 0 aliphatic heterocycles. The Labute approximate surface area is 106 Å². The smallest absolute Gasteiger partial charge is 0.336 e. The molecule has 92 valence electrons. The predicted molar refractivity (Wildman–Crippen MR) is 72.6 cm³/mol. The van der Waals surface area contributed by atoms with Crippen LogP contribution in [0.4, 0.5) is 5.69 Å². The summed E-state index contributed by atoms with van der Waals surface area (Å²) in [6.07, 6.45) is 0.961. The van der Waals surface area contributed by atoms with E-state index < -0.39 is 5.97 Å². The lowest BCUT2D eigenvalue weighted by Crippen LogP contribution is -2.00. The highest BCUT2D eigenvalue weighted by Gasteiger charge is 2.11. The van der Waals surface area contributed by atoms with Gasteiger partial charge in [0.25, 0.3) is 0 Å². The number of aryl methyl sites for hydroxylation is 1. The third-order valence-corrected chi connectivity index (χ3v) is 2.95. The molecule has 3 nitrogen and oxygen atoms in total. The Bertz CT molecular complexity index is 574. The van der Waals surface area contributed by atoms with E-state index in [9.17, 15) is 9.90 Å². The molecule has 0 radical (unpaired) electrons. The van der Waals surface area contributed by atoms with E-state index >= 15 is 0 Å². The van der Waals surface area contributed by atoms with Gasteiger partial charge in [-0.25, -0.2) is 4.79 Å². The van der Waals surface area contributed by atoms with E-state index in [1.54, 1.807) is 18.2 Å². The number of carbonyl (C=O) groups is 1. The Morgan fingerprint density at radius 3 is 2.39 bits per heavy atom. The van der Waals surface area contributed by atoms with Crippen molar-refractivity contribution in [2.45, 2.75) is 13.3 Å². The zero-order valence-electron chi connectivity index (χ0n) is 10.2. The number of carboxylic acids is 1. The third kappa shape index (κ3) is 2.35. The highest BCUT2D eigenvalue weighted by Crippen LogP contribution is 2.26. The second-order valence-corrected chi connectivity index (χ2v) is 4.16. The quantitative estimate of drug-likeness (QED) is 0.811. The van der Waals surface area contributed by atoms with Crippen LogP contribution in [0.25, 0.3) is 11.1 Å². The molecule has 18 heavy (non-hydrogen) atoms. The normalized spacial score (nSPS) is 10.3. The number of rotatable bonds is 3. The minimum atomic E-state index is -0.940. The molecule has 0 atom stereocenters. The number of anilines is 1. The summed E-state index contributed by atoms with van der Waals surface area (Å²) in [6.45, 7) is 2.08. The van der Waals surface area contributed by atoms with Gasteiger partial charge in [0.1, 0.15) is 0 Å². The Hall–Kier alpha value is -2.29. The van der Waals surface area contributed by atoms with Crippen molar-refractivity contribution in [3.63, 3.8) is 0 Å². The van der Waals surface area contributed by atoms with Gasteiger partial charge >= 0.3 is 5.97 Å². The van der Waals surface area contributed by atoms with E-state index in [2.05, 4.69) is 6.92 Å². The number of benzene rings is 2. The van der Waals surface area contributed by atoms with Crippen LogP contribution >= 0.6 is 0 Å². The second-order valence-electron chi connectivity index (χ2n) is 4.16. The number of hydrogen-bond donors (Lipinski definition) is 2. The molecule has 0 aliphatic rings. The van der Waals surface area contributed by atoms with Crippen molar-refractivity contribution in [3.05, 3.63) is 53.6 Å². The minimum Gasteiger partial charge on any atom is -0.478 e. The fourth-order valence-corrected chi connectivity index (χ4v) is 1.91. The summed E-state index contributed by atoms with van der Waals surface area (Å²) >= 11 is 0. The van der Waals surface area contributed by atoms with Crippen molar-refractivity contribution in [2.75, 3.05) is 5.73 Å². The van der Waals surface area contributed by atoms with Crippen LogP contribution in [0, 0.1) is 0 Å². The fourth-order valence-electron chi connectivity index (χ4n) is 1.91. The molecule has 0 saturated carbocycles. The largest absolute Gasteiger partial charge is 0.478 e. The van der Waals surface area contributed by atoms with E-state index in [1.165, 1.54) is 5.56 Å². The lowest BCUT2D eigenvalue weighted by molar-refractivity contribution is 0.0698. The van der Waals surface area contributed by atoms with Gasteiger partial charge in [-0.3, -0.25) is 0 Å². The second kappa shape index (κ2) is 4.92. The first-order chi connectivity index (χ1) is 8.61. The molecule has 0 aromatic heterocycles. The number of carboxylic acid groups (broad SMARTS) is 1. The van der Waals surface area contributed by atoms with Gasteiger partial charge in [0.05, 0.1) is 5.56 Å². The topological polar surface area (TPSA) is 63.3 Å². The number of hydrogen-bond acceptors (Lipinski definition) is 2. The minimum absolute atomic E-state index is 0.272. The number of nitrogen functional groups attached to an aromatic ring is 1. The summed E-state index contributed by atoms with van der Waals surface area (Å²) in [5.74, 6) is -0.940. The van der Waals surface area contributed by atoms with E-state index in [0.717, 1.165) is 12.0 Å². The van der Waals surface area contributed by atoms with Crippen molar-refractivity contribution < 1.29 is 9.90 Å². The molecule has 0 aliphatic carbocycles. The molecule has 0 unspecified atom stereocenters. The Balaban J connectivity index is 2.54. The molecule has 0 bridgehead atoms. The zero-order valence-corrected chi connectivity index (χ0v) is 10.2. The van der Waals surface area contributed by atoms with E-state index in [0.29, 0.717) is 11.3 Å². The molecule has 3 N–H and O–H groups in total. The predicted octanol–water partition coefficient (Wildman–Crippen LogP) is 3.20. The fraction of sp³-hybridized carbons (Fsp3) is 0.133. The molecule has 2 rings (SSSR count). The average molecular weight is 241 g/mol. The van der Waals surface area contributed by atoms with Crippen molar-refractivity contribution in [1.29, 1.82) is 0 Å². The van der Waals surface area contributed by atoms with Crippen LogP contribution in [0.15, 0.2) is 42.5 Å². The van der Waals surface area contributed by atoms with Crippen LogP contribution in [-0.2, 0) is 6.42 Å². The highest BCUT2D eigenvalue weighted by atomic mass is 16.4. The molecule has 0 fully saturated rings. The monoisotopic (exact) mass is 241 g/mol. The standard InChI is InChI=1S/C15H15NO2/c1-2-10-3-5-11(6-4-10)14-9-12(16)7-8-13(14)15(17)18/h3-9H,2,16H2,1H3,(H,17,18). The van der Waals surface area contributed by atoms with E-state index in [-0.39, 0.29) is 5.56 Å². The van der Waals surface area contributed by atoms with Crippen molar-refractivity contribution in [3.8, 4) is 11.1 Å². The van der Waals surface area contributed by atoms with Crippen molar-refractivity contribution >= 4 is 11.7 Å². The van der Waals surface area contributed by atoms with Gasteiger partial charge in [-0.05, 0) is 41.3 Å². The number of nitrogens with two attached hydrogens (primary N) is 1. The summed E-state index contributed by atoms with van der Waals surface area (Å²) < 4.78 is 0. The van der Waals surface area contributed by atoms with Crippen LogP contribution in [-0.4, -0.2) is 11.1 Å². The number of aromatic carboxylic acids is 1. The first-order valence-electron chi connectivity index (χ1n) is 5.84. The maximum absolute atomic E-state index is 11.2. The summed E-state index contributed by atoms with van der Waals surface area (Å²) in [7, 11) is 0. The van der Waals surface area contributed by atoms with Gasteiger partial charge in [0.15, 0.2) is 0 Å². The summed E-state index contributed by atoms with van der Waals surface area (Å²) in [4.78, 5) is 11.2. The molecule has 2 aromatic carbocycles. The zero-order chi connectivity index (χ0) is 13.1. The van der Waals surface area contributed by atoms with Gasteiger partial charge in [-0.2, -0.15) is 0 Å². The molecule has 2 aromatic rings. The van der Waals surface area contributed by atoms with Crippen LogP contribution in [0.5, 0.6) is 0 Å². The molecular formula is C15H15NO2. The van der Waals surface area contributed by atoms with Crippen molar-refractivity contribution in [2.24, 2.45) is 0 Å². The summed E-state index contributed by atoms with van der Waals surface area (Å²) in [5.41, 5.74) is 9.32. The molecular weight excluding hydrogens is 226 g/mol. The SMILES string of the molecule is CCc1ccc(-c2cc(N)ccc2C(=O)O)cc1. The first-order valence-corrected chi connectivity index (χ1v) is 5.84. The van der Waals surface area contributed by atoms with Crippen LogP contribution in [0.1, 0.15) is 22.8 Å². The summed E-state index contributed by atoms with van der Waals surface area (Å²) in [5, 5.41) is 9.18. The van der Waals surface area contributed by atoms with Crippen LogP contribution in [0.2, 0.25) is 0 Å². The van der Waals surface area contributed by atoms with Gasteiger partial charge in [-0.1, -0.05) is 31.2 Å². The third-order valence-electron chi connectivity index (χ3n) is 2.95. The first kappa shape index (κ1) is 12.2. The average Bonchev–Trinajstić information content (AvgIpc) is 2.38. The maximum atomic E-state index is 11.2. The van der Waals surface area contributed by atoms with Crippen molar-refractivity contribution in [1.82, 2.24) is 0 Å². The highest BCUT2D eigenvalue weighted by molar-refractivity contribution is 5.96. The lowest BCUT2D eigenvalue weighted by atomic mass is 9.97. The van der Waals surface area contributed by atoms with Gasteiger partial charge in [0.2, 0.25) is 0 Å².